The van der Waals surface area contributed by atoms with Crippen molar-refractivity contribution in [1.82, 2.24) is 0 Å². The zero-order valence-electron chi connectivity index (χ0n) is 48.1. The smallest absolute Gasteiger partial charge is 0.306 e. The maximum Gasteiger partial charge on any atom is 0.306 e. The van der Waals surface area contributed by atoms with E-state index in [1.807, 2.05) is 0 Å². The van der Waals surface area contributed by atoms with E-state index in [1.165, 1.54) is 161 Å². The van der Waals surface area contributed by atoms with Gasteiger partial charge in [-0.15, -0.1) is 0 Å². The van der Waals surface area contributed by atoms with Gasteiger partial charge in [0, 0.05) is 19.3 Å². The van der Waals surface area contributed by atoms with E-state index in [0.717, 1.165) is 103 Å². The number of esters is 3. The van der Waals surface area contributed by atoms with Gasteiger partial charge in [-0.1, -0.05) is 247 Å². The molecule has 6 heteroatoms. The fraction of sp³-hybridized carbons (Fsp3) is 0.746. The van der Waals surface area contributed by atoms with Crippen LogP contribution in [-0.2, 0) is 28.6 Å². The van der Waals surface area contributed by atoms with Crippen LogP contribution in [0.15, 0.2) is 85.1 Å². The summed E-state index contributed by atoms with van der Waals surface area (Å²) in [5.74, 6) is -0.901. The lowest BCUT2D eigenvalue weighted by molar-refractivity contribution is -0.167. The van der Waals surface area contributed by atoms with Crippen molar-refractivity contribution in [3.8, 4) is 0 Å². The van der Waals surface area contributed by atoms with Crippen molar-refractivity contribution >= 4 is 17.9 Å². The number of rotatable bonds is 56. The molecule has 0 rings (SSSR count). The molecule has 73 heavy (non-hydrogen) atoms. The molecule has 0 saturated heterocycles. The van der Waals surface area contributed by atoms with Crippen LogP contribution in [0, 0.1) is 0 Å². The zero-order valence-corrected chi connectivity index (χ0v) is 48.1. The van der Waals surface area contributed by atoms with Gasteiger partial charge in [0.2, 0.25) is 0 Å². The molecular formula is C67H116O6. The Morgan fingerprint density at radius 2 is 0.493 bits per heavy atom. The quantitative estimate of drug-likeness (QED) is 0.0261. The monoisotopic (exact) mass is 1020 g/mol. The van der Waals surface area contributed by atoms with Gasteiger partial charge in [0.15, 0.2) is 6.10 Å². The highest BCUT2D eigenvalue weighted by molar-refractivity contribution is 5.71. The third-order valence-corrected chi connectivity index (χ3v) is 13.3. The fourth-order valence-electron chi connectivity index (χ4n) is 8.63. The molecule has 0 heterocycles. The molecule has 0 fully saturated rings. The van der Waals surface area contributed by atoms with Crippen LogP contribution < -0.4 is 0 Å². The summed E-state index contributed by atoms with van der Waals surface area (Å²) in [7, 11) is 0. The molecule has 1 atom stereocenters. The summed E-state index contributed by atoms with van der Waals surface area (Å²) in [6.07, 6.45) is 79.9. The predicted molar refractivity (Wildman–Crippen MR) is 316 cm³/mol. The summed E-state index contributed by atoms with van der Waals surface area (Å²) in [5.41, 5.74) is 0. The van der Waals surface area contributed by atoms with Crippen LogP contribution in [0.5, 0.6) is 0 Å². The highest BCUT2D eigenvalue weighted by Crippen LogP contribution is 2.15. The number of hydrogen-bond acceptors (Lipinski definition) is 6. The lowest BCUT2D eigenvalue weighted by Gasteiger charge is -2.18. The second kappa shape index (κ2) is 61.1. The Morgan fingerprint density at radius 1 is 0.274 bits per heavy atom. The van der Waals surface area contributed by atoms with E-state index in [0.29, 0.717) is 19.3 Å². The summed E-state index contributed by atoms with van der Waals surface area (Å²) in [5, 5.41) is 0. The first-order chi connectivity index (χ1) is 36.0. The predicted octanol–water partition coefficient (Wildman–Crippen LogP) is 21.1. The number of allylic oxidation sites excluding steroid dienone is 14. The number of hydrogen-bond donors (Lipinski definition) is 0. The summed E-state index contributed by atoms with van der Waals surface area (Å²) < 4.78 is 16.9. The average Bonchev–Trinajstić information content (AvgIpc) is 3.39. The van der Waals surface area contributed by atoms with Crippen molar-refractivity contribution in [2.75, 3.05) is 13.2 Å². The molecule has 0 amide bonds. The maximum absolute atomic E-state index is 12.9. The van der Waals surface area contributed by atoms with Crippen LogP contribution in [0.1, 0.15) is 303 Å². The Kier molecular flexibility index (Phi) is 58.3. The maximum atomic E-state index is 12.9. The molecule has 0 aliphatic rings. The standard InChI is InChI=1S/C67H116O6/c1-4-7-10-13-16-19-22-25-28-31-33-36-39-42-45-48-51-54-57-60-66(69)72-63-64(62-71-65(68)59-56-53-50-47-44-41-38-35-30-27-24-21-18-15-12-9-6-3)73-67(70)61-58-55-52-49-46-43-40-37-34-32-29-26-23-20-17-14-11-8-5-2/h16-21,25-30,34,37,64H,4-15,22-24,31-33,35-36,38-63H2,1-3H3/b19-16-,20-17-,21-18-,28-25-,29-26-,30-27-,37-34-/t64-/m1/s1. The normalized spacial score (nSPS) is 12.6. The molecular weight excluding hydrogens is 901 g/mol. The molecule has 0 spiro atoms. The third-order valence-electron chi connectivity index (χ3n) is 13.3. The van der Waals surface area contributed by atoms with Crippen LogP contribution >= 0.6 is 0 Å². The van der Waals surface area contributed by atoms with Gasteiger partial charge in [-0.25, -0.2) is 0 Å². The molecule has 0 aliphatic heterocycles. The second-order valence-corrected chi connectivity index (χ2v) is 20.6. The summed E-state index contributed by atoms with van der Waals surface area (Å²) in [4.78, 5) is 38.3. The number of ether oxygens (including phenoxy) is 3. The van der Waals surface area contributed by atoms with E-state index in [2.05, 4.69) is 106 Å². The molecule has 0 saturated carbocycles. The molecule has 420 valence electrons. The van der Waals surface area contributed by atoms with Crippen LogP contribution in [0.25, 0.3) is 0 Å². The third kappa shape index (κ3) is 59.3. The largest absolute Gasteiger partial charge is 0.462 e. The molecule has 0 aromatic heterocycles. The van der Waals surface area contributed by atoms with E-state index < -0.39 is 6.10 Å². The van der Waals surface area contributed by atoms with Crippen LogP contribution in [0.4, 0.5) is 0 Å². The lowest BCUT2D eigenvalue weighted by Crippen LogP contribution is -2.30. The summed E-state index contributed by atoms with van der Waals surface area (Å²) in [6.45, 7) is 6.57. The van der Waals surface area contributed by atoms with E-state index >= 15 is 0 Å². The Hall–Kier alpha value is -3.41. The Morgan fingerprint density at radius 3 is 0.767 bits per heavy atom. The highest BCUT2D eigenvalue weighted by atomic mass is 16.6. The summed E-state index contributed by atoms with van der Waals surface area (Å²) >= 11 is 0. The minimum absolute atomic E-state index is 0.0863. The Balaban J connectivity index is 4.42. The van der Waals surface area contributed by atoms with Crippen LogP contribution in [0.2, 0.25) is 0 Å². The van der Waals surface area contributed by atoms with Gasteiger partial charge in [0.05, 0.1) is 0 Å². The van der Waals surface area contributed by atoms with Gasteiger partial charge in [0.1, 0.15) is 13.2 Å². The first-order valence-corrected chi connectivity index (χ1v) is 31.1. The number of carbonyl (C=O) groups excluding carboxylic acids is 3. The van der Waals surface area contributed by atoms with E-state index in [9.17, 15) is 14.4 Å². The minimum Gasteiger partial charge on any atom is -0.462 e. The zero-order chi connectivity index (χ0) is 52.9. The molecule has 0 aliphatic carbocycles. The molecule has 6 nitrogen and oxygen atoms in total. The Bertz CT molecular complexity index is 1400. The SMILES string of the molecule is CCCCC/C=C\C/C=C\C/C=C\CCCCCCCCC(=O)O[C@H](COC(=O)CCCCCCCCC/C=C\C/C=C\CCCCC)COC(=O)CCCCCCCCCCC/C=C\C/C=C\CCCCC. The molecule has 0 radical (unpaired) electrons. The van der Waals surface area contributed by atoms with E-state index in [1.54, 1.807) is 0 Å². The van der Waals surface area contributed by atoms with E-state index in [-0.39, 0.29) is 31.1 Å². The molecule has 0 bridgehead atoms. The van der Waals surface area contributed by atoms with Gasteiger partial charge < -0.3 is 14.2 Å². The van der Waals surface area contributed by atoms with Gasteiger partial charge in [0.25, 0.3) is 0 Å². The number of carbonyl (C=O) groups is 3. The van der Waals surface area contributed by atoms with Crippen molar-refractivity contribution in [2.24, 2.45) is 0 Å². The van der Waals surface area contributed by atoms with Crippen molar-refractivity contribution in [3.63, 3.8) is 0 Å². The summed E-state index contributed by atoms with van der Waals surface area (Å²) in [6, 6.07) is 0. The second-order valence-electron chi connectivity index (χ2n) is 20.6. The molecule has 0 unspecified atom stereocenters. The Labute approximate surface area is 452 Å². The van der Waals surface area contributed by atoms with Crippen molar-refractivity contribution in [2.45, 2.75) is 309 Å². The lowest BCUT2D eigenvalue weighted by atomic mass is 10.1. The van der Waals surface area contributed by atoms with Gasteiger partial charge in [-0.3, -0.25) is 14.4 Å². The van der Waals surface area contributed by atoms with Crippen molar-refractivity contribution in [1.29, 1.82) is 0 Å². The molecule has 0 aromatic carbocycles. The fourth-order valence-corrected chi connectivity index (χ4v) is 8.63. The van der Waals surface area contributed by atoms with Crippen molar-refractivity contribution < 1.29 is 28.6 Å². The van der Waals surface area contributed by atoms with Crippen molar-refractivity contribution in [3.05, 3.63) is 85.1 Å². The van der Waals surface area contributed by atoms with Crippen LogP contribution in [-0.4, -0.2) is 37.2 Å². The highest BCUT2D eigenvalue weighted by Gasteiger charge is 2.19. The van der Waals surface area contributed by atoms with E-state index in [4.69, 9.17) is 14.2 Å². The minimum atomic E-state index is -0.791. The van der Waals surface area contributed by atoms with Gasteiger partial charge >= 0.3 is 17.9 Å². The first kappa shape index (κ1) is 69.6. The molecule has 0 N–H and O–H groups in total. The molecule has 0 aromatic rings. The first-order valence-electron chi connectivity index (χ1n) is 31.1. The van der Waals surface area contributed by atoms with Gasteiger partial charge in [-0.05, 0) is 122 Å². The van der Waals surface area contributed by atoms with Crippen LogP contribution in [0.3, 0.4) is 0 Å². The topological polar surface area (TPSA) is 78.9 Å². The van der Waals surface area contributed by atoms with Gasteiger partial charge in [-0.2, -0.15) is 0 Å². The number of unbranched alkanes of at least 4 members (excludes halogenated alkanes) is 31. The average molecular weight is 1020 g/mol.